The predicted octanol–water partition coefficient (Wildman–Crippen LogP) is 2.94. The molecular weight excluding hydrogens is 277 g/mol. The lowest BCUT2D eigenvalue weighted by Gasteiger charge is -2.29. The highest BCUT2D eigenvalue weighted by Crippen LogP contribution is 2.24. The van der Waals surface area contributed by atoms with Crippen LogP contribution >= 0.6 is 0 Å². The van der Waals surface area contributed by atoms with Crippen molar-refractivity contribution in [3.05, 3.63) is 35.6 Å². The van der Waals surface area contributed by atoms with Gasteiger partial charge < -0.3 is 5.11 Å². The van der Waals surface area contributed by atoms with Gasteiger partial charge >= 0.3 is 0 Å². The van der Waals surface area contributed by atoms with Gasteiger partial charge in [-0.25, -0.2) is 13.3 Å². The Labute approximate surface area is 123 Å². The summed E-state index contributed by atoms with van der Waals surface area (Å²) in [6.07, 6.45) is -0.702. The molecule has 3 nitrogen and oxygen atoms in total. The van der Waals surface area contributed by atoms with Gasteiger partial charge in [-0.1, -0.05) is 26.0 Å². The topological polar surface area (TPSA) is 49.3 Å². The summed E-state index contributed by atoms with van der Waals surface area (Å²) in [7, 11) is -1.31. The molecule has 0 spiro atoms. The zero-order valence-electron chi connectivity index (χ0n) is 12.7. The van der Waals surface area contributed by atoms with Gasteiger partial charge in [0.25, 0.3) is 0 Å². The van der Waals surface area contributed by atoms with Crippen LogP contribution in [0, 0.1) is 11.7 Å². The molecule has 1 unspecified atom stereocenters. The van der Waals surface area contributed by atoms with Crippen molar-refractivity contribution in [2.75, 3.05) is 0 Å². The molecule has 0 fully saturated rings. The number of aliphatic hydroxyl groups excluding tert-OH is 1. The Hall–Kier alpha value is -0.780. The number of rotatable bonds is 5. The molecule has 0 radical (unpaired) electrons. The van der Waals surface area contributed by atoms with Crippen molar-refractivity contribution < 1.29 is 13.7 Å². The van der Waals surface area contributed by atoms with Crippen LogP contribution in [0.15, 0.2) is 24.3 Å². The standard InChI is InChI=1S/C15H24FNO2S/c1-10(2)14(18)13(17-20(19)15(3,4)5)11-6-8-12(16)9-7-11/h6-10,13-14,17-18H,1-5H3/t13-,14+,20?/m0/s1. The molecule has 114 valence electrons. The lowest BCUT2D eigenvalue weighted by molar-refractivity contribution is 0.0921. The summed E-state index contributed by atoms with van der Waals surface area (Å²) in [5, 5.41) is 10.3. The predicted molar refractivity (Wildman–Crippen MR) is 81.0 cm³/mol. The van der Waals surface area contributed by atoms with Crippen LogP contribution in [-0.2, 0) is 11.0 Å². The molecule has 1 aromatic carbocycles. The van der Waals surface area contributed by atoms with Crippen molar-refractivity contribution in [3.63, 3.8) is 0 Å². The molecule has 1 aromatic rings. The lowest BCUT2D eigenvalue weighted by atomic mass is 9.94. The van der Waals surface area contributed by atoms with E-state index in [1.165, 1.54) is 12.1 Å². The molecule has 0 saturated carbocycles. The molecule has 20 heavy (non-hydrogen) atoms. The van der Waals surface area contributed by atoms with E-state index in [0.29, 0.717) is 0 Å². The summed E-state index contributed by atoms with van der Waals surface area (Å²) in [5.74, 6) is -0.335. The highest BCUT2D eigenvalue weighted by molar-refractivity contribution is 7.84. The average Bonchev–Trinajstić information content (AvgIpc) is 2.34. The van der Waals surface area contributed by atoms with Crippen LogP contribution in [0.1, 0.15) is 46.2 Å². The van der Waals surface area contributed by atoms with Gasteiger partial charge in [-0.3, -0.25) is 0 Å². The Morgan fingerprint density at radius 2 is 1.70 bits per heavy atom. The van der Waals surface area contributed by atoms with E-state index in [4.69, 9.17) is 0 Å². The molecule has 0 heterocycles. The van der Waals surface area contributed by atoms with Gasteiger partial charge in [-0.05, 0) is 44.4 Å². The van der Waals surface area contributed by atoms with E-state index < -0.39 is 27.9 Å². The summed E-state index contributed by atoms with van der Waals surface area (Å²) < 4.78 is 27.8. The minimum Gasteiger partial charge on any atom is -0.391 e. The van der Waals surface area contributed by atoms with Gasteiger partial charge in [0.15, 0.2) is 0 Å². The first-order valence-electron chi connectivity index (χ1n) is 6.74. The first-order valence-corrected chi connectivity index (χ1v) is 7.89. The van der Waals surface area contributed by atoms with Crippen molar-refractivity contribution in [1.82, 2.24) is 4.72 Å². The average molecular weight is 301 g/mol. The van der Waals surface area contributed by atoms with E-state index in [1.807, 2.05) is 34.6 Å². The summed E-state index contributed by atoms with van der Waals surface area (Å²) in [6.45, 7) is 9.37. The molecule has 0 aromatic heterocycles. The van der Waals surface area contributed by atoms with Gasteiger partial charge in [0.05, 0.1) is 27.9 Å². The number of hydrogen-bond donors (Lipinski definition) is 2. The van der Waals surface area contributed by atoms with Crippen LogP contribution in [0.3, 0.4) is 0 Å². The van der Waals surface area contributed by atoms with Crippen molar-refractivity contribution in [2.45, 2.75) is 51.5 Å². The zero-order chi connectivity index (χ0) is 15.5. The summed E-state index contributed by atoms with van der Waals surface area (Å²) in [5.41, 5.74) is 0.727. The van der Waals surface area contributed by atoms with E-state index in [-0.39, 0.29) is 11.7 Å². The number of hydrogen-bond acceptors (Lipinski definition) is 2. The Bertz CT molecular complexity index is 454. The third-order valence-corrected chi connectivity index (χ3v) is 4.62. The van der Waals surface area contributed by atoms with E-state index >= 15 is 0 Å². The maximum absolute atomic E-state index is 13.0. The van der Waals surface area contributed by atoms with Gasteiger partial charge in [0.2, 0.25) is 0 Å². The fraction of sp³-hybridized carbons (Fsp3) is 0.600. The fourth-order valence-corrected chi connectivity index (χ4v) is 2.54. The van der Waals surface area contributed by atoms with Crippen LogP contribution in [-0.4, -0.2) is 20.2 Å². The van der Waals surface area contributed by atoms with Crippen LogP contribution < -0.4 is 4.72 Å². The fourth-order valence-electron chi connectivity index (χ4n) is 1.68. The number of nitrogens with one attached hydrogen (secondary N) is 1. The van der Waals surface area contributed by atoms with Crippen molar-refractivity contribution in [1.29, 1.82) is 0 Å². The number of halogens is 1. The molecule has 0 aliphatic carbocycles. The molecule has 0 saturated heterocycles. The third kappa shape index (κ3) is 4.65. The van der Waals surface area contributed by atoms with Crippen molar-refractivity contribution in [2.24, 2.45) is 5.92 Å². The third-order valence-electron chi connectivity index (χ3n) is 3.04. The second kappa shape index (κ2) is 6.78. The second-order valence-electron chi connectivity index (χ2n) is 6.26. The first kappa shape index (κ1) is 17.3. The van der Waals surface area contributed by atoms with Crippen molar-refractivity contribution in [3.8, 4) is 0 Å². The maximum Gasteiger partial charge on any atom is 0.123 e. The molecule has 2 N–H and O–H groups in total. The minimum atomic E-state index is -1.31. The second-order valence-corrected chi connectivity index (χ2v) is 8.26. The van der Waals surface area contributed by atoms with Gasteiger partial charge in [-0.15, -0.1) is 0 Å². The number of aliphatic hydroxyl groups is 1. The van der Waals surface area contributed by atoms with Crippen LogP contribution in [0.25, 0.3) is 0 Å². The van der Waals surface area contributed by atoms with E-state index in [0.717, 1.165) is 5.56 Å². The van der Waals surface area contributed by atoms with Gasteiger partial charge in [0, 0.05) is 0 Å². The minimum absolute atomic E-state index is 0.00507. The van der Waals surface area contributed by atoms with E-state index in [2.05, 4.69) is 4.72 Å². The van der Waals surface area contributed by atoms with Gasteiger partial charge in [-0.2, -0.15) is 0 Å². The van der Waals surface area contributed by atoms with Crippen LogP contribution in [0.4, 0.5) is 4.39 Å². The Kier molecular flexibility index (Phi) is 5.86. The Morgan fingerprint density at radius 3 is 2.10 bits per heavy atom. The van der Waals surface area contributed by atoms with Crippen LogP contribution in [0.2, 0.25) is 0 Å². The SMILES string of the molecule is CC(C)[C@@H](O)[C@@H](NS(=O)C(C)(C)C)c1ccc(F)cc1. The quantitative estimate of drug-likeness (QED) is 0.878. The smallest absolute Gasteiger partial charge is 0.123 e. The molecule has 5 heteroatoms. The molecule has 0 aliphatic rings. The monoisotopic (exact) mass is 301 g/mol. The molecule has 0 aliphatic heterocycles. The Morgan fingerprint density at radius 1 is 1.20 bits per heavy atom. The highest BCUT2D eigenvalue weighted by atomic mass is 32.2. The zero-order valence-corrected chi connectivity index (χ0v) is 13.5. The summed E-state index contributed by atoms with van der Waals surface area (Å²) in [6, 6.07) is 5.42. The molecule has 1 rings (SSSR count). The first-order chi connectivity index (χ1) is 9.12. The highest BCUT2D eigenvalue weighted by Gasteiger charge is 2.29. The molecule has 3 atom stereocenters. The van der Waals surface area contributed by atoms with Gasteiger partial charge in [0.1, 0.15) is 5.82 Å². The Balaban J connectivity index is 3.03. The van der Waals surface area contributed by atoms with Crippen LogP contribution in [0.5, 0.6) is 0 Å². The van der Waals surface area contributed by atoms with Crippen molar-refractivity contribution >= 4 is 11.0 Å². The largest absolute Gasteiger partial charge is 0.391 e. The normalized spacial score (nSPS) is 17.0. The summed E-state index contributed by atoms with van der Waals surface area (Å²) >= 11 is 0. The maximum atomic E-state index is 13.0. The molecular formula is C15H24FNO2S. The summed E-state index contributed by atoms with van der Waals surface area (Å²) in [4.78, 5) is 0. The van der Waals surface area contributed by atoms with E-state index in [1.54, 1.807) is 12.1 Å². The molecule has 0 amide bonds. The lowest BCUT2D eigenvalue weighted by Crippen LogP contribution is -2.41. The molecule has 0 bridgehead atoms. The van der Waals surface area contributed by atoms with E-state index in [9.17, 15) is 13.7 Å². The number of benzene rings is 1.